The Hall–Kier alpha value is -1.85. The van der Waals surface area contributed by atoms with E-state index in [9.17, 15) is 4.79 Å². The van der Waals surface area contributed by atoms with Crippen molar-refractivity contribution in [2.45, 2.75) is 19.3 Å². The van der Waals surface area contributed by atoms with E-state index in [4.69, 9.17) is 9.84 Å². The van der Waals surface area contributed by atoms with Gasteiger partial charge in [0.15, 0.2) is 0 Å². The molecule has 0 aliphatic carbocycles. The lowest BCUT2D eigenvalue weighted by Gasteiger charge is -2.32. The Morgan fingerprint density at radius 1 is 1.50 bits per heavy atom. The first-order valence-corrected chi connectivity index (χ1v) is 6.02. The first-order valence-electron chi connectivity index (χ1n) is 6.02. The Kier molecular flexibility index (Phi) is 3.96. The van der Waals surface area contributed by atoms with Crippen molar-refractivity contribution in [3.63, 3.8) is 0 Å². The fourth-order valence-electron chi connectivity index (χ4n) is 2.23. The Bertz CT molecular complexity index is 417. The predicted molar refractivity (Wildman–Crippen MR) is 65.8 cm³/mol. The smallest absolute Gasteiger partial charge is 0.303 e. The number of hydrogen-bond donors (Lipinski definition) is 1. The largest absolute Gasteiger partial charge is 0.481 e. The van der Waals surface area contributed by atoms with Crippen molar-refractivity contribution in [1.82, 2.24) is 9.97 Å². The summed E-state index contributed by atoms with van der Waals surface area (Å²) in [7, 11) is 1.57. The number of carboxylic acids is 1. The normalized spacial score (nSPS) is 16.6. The molecule has 0 radical (unpaired) electrons. The van der Waals surface area contributed by atoms with E-state index in [1.807, 2.05) is 0 Å². The summed E-state index contributed by atoms with van der Waals surface area (Å²) in [5, 5.41) is 8.77. The van der Waals surface area contributed by atoms with E-state index in [1.165, 1.54) is 6.33 Å². The average Bonchev–Trinajstić information content (AvgIpc) is 2.39. The Labute approximate surface area is 106 Å². The summed E-state index contributed by atoms with van der Waals surface area (Å²) in [6.07, 6.45) is 3.52. The lowest BCUT2D eigenvalue weighted by Crippen LogP contribution is -2.34. The molecule has 6 heteroatoms. The molecule has 1 aliphatic rings. The maximum Gasteiger partial charge on any atom is 0.303 e. The highest BCUT2D eigenvalue weighted by Crippen LogP contribution is 2.24. The third-order valence-corrected chi connectivity index (χ3v) is 3.24. The number of carboxylic acid groups (broad SMARTS) is 1. The standard InChI is InChI=1S/C12H17N3O3/c1-18-11-7-10(13-8-14-11)15-4-2-9(3-5-15)6-12(16)17/h7-9H,2-6H2,1H3,(H,16,17). The van der Waals surface area contributed by atoms with Crippen LogP contribution in [0, 0.1) is 5.92 Å². The Morgan fingerprint density at radius 2 is 2.22 bits per heavy atom. The molecule has 0 amide bonds. The predicted octanol–water partition coefficient (Wildman–Crippen LogP) is 1.18. The summed E-state index contributed by atoms with van der Waals surface area (Å²) in [5.41, 5.74) is 0. The molecular formula is C12H17N3O3. The van der Waals surface area contributed by atoms with Gasteiger partial charge in [-0.25, -0.2) is 9.97 Å². The zero-order valence-electron chi connectivity index (χ0n) is 10.4. The van der Waals surface area contributed by atoms with E-state index in [2.05, 4.69) is 14.9 Å². The van der Waals surface area contributed by atoms with E-state index in [1.54, 1.807) is 13.2 Å². The highest BCUT2D eigenvalue weighted by Gasteiger charge is 2.22. The van der Waals surface area contributed by atoms with Gasteiger partial charge in [-0.05, 0) is 18.8 Å². The molecule has 1 aromatic rings. The highest BCUT2D eigenvalue weighted by atomic mass is 16.5. The van der Waals surface area contributed by atoms with Crippen LogP contribution in [0.25, 0.3) is 0 Å². The van der Waals surface area contributed by atoms with E-state index in [0.29, 0.717) is 5.88 Å². The molecule has 1 fully saturated rings. The molecule has 1 aromatic heterocycles. The van der Waals surface area contributed by atoms with Gasteiger partial charge in [-0.15, -0.1) is 0 Å². The molecular weight excluding hydrogens is 234 g/mol. The van der Waals surface area contributed by atoms with Crippen molar-refractivity contribution in [2.24, 2.45) is 5.92 Å². The number of piperidine rings is 1. The van der Waals surface area contributed by atoms with Gasteiger partial charge >= 0.3 is 5.97 Å². The number of rotatable bonds is 4. The number of hydrogen-bond acceptors (Lipinski definition) is 5. The quantitative estimate of drug-likeness (QED) is 0.866. The van der Waals surface area contributed by atoms with Crippen LogP contribution in [-0.4, -0.2) is 41.2 Å². The highest BCUT2D eigenvalue weighted by molar-refractivity contribution is 5.67. The second-order valence-corrected chi connectivity index (χ2v) is 4.45. The molecule has 18 heavy (non-hydrogen) atoms. The molecule has 2 heterocycles. The maximum absolute atomic E-state index is 10.7. The summed E-state index contributed by atoms with van der Waals surface area (Å²) >= 11 is 0. The lowest BCUT2D eigenvalue weighted by molar-refractivity contribution is -0.138. The molecule has 1 aliphatic heterocycles. The zero-order chi connectivity index (χ0) is 13.0. The number of ether oxygens (including phenoxy) is 1. The van der Waals surface area contributed by atoms with E-state index in [0.717, 1.165) is 31.7 Å². The summed E-state index contributed by atoms with van der Waals surface area (Å²) in [6.45, 7) is 1.66. The molecule has 0 aromatic carbocycles. The molecule has 0 spiro atoms. The molecule has 6 nitrogen and oxygen atoms in total. The van der Waals surface area contributed by atoms with Crippen LogP contribution in [0.15, 0.2) is 12.4 Å². The van der Waals surface area contributed by atoms with Crippen LogP contribution in [0.4, 0.5) is 5.82 Å². The average molecular weight is 251 g/mol. The van der Waals surface area contributed by atoms with E-state index >= 15 is 0 Å². The molecule has 0 saturated carbocycles. The molecule has 0 atom stereocenters. The van der Waals surface area contributed by atoms with Gasteiger partial charge in [-0.2, -0.15) is 0 Å². The van der Waals surface area contributed by atoms with Gasteiger partial charge in [0.2, 0.25) is 5.88 Å². The van der Waals surface area contributed by atoms with E-state index < -0.39 is 5.97 Å². The van der Waals surface area contributed by atoms with Crippen molar-refractivity contribution >= 4 is 11.8 Å². The van der Waals surface area contributed by atoms with Crippen LogP contribution in [0.3, 0.4) is 0 Å². The van der Waals surface area contributed by atoms with Gasteiger partial charge in [-0.1, -0.05) is 0 Å². The summed E-state index contributed by atoms with van der Waals surface area (Å²) < 4.78 is 5.06. The minimum atomic E-state index is -0.711. The number of nitrogens with zero attached hydrogens (tertiary/aromatic N) is 3. The molecule has 98 valence electrons. The summed E-state index contributed by atoms with van der Waals surface area (Å²) in [4.78, 5) is 21.0. The Morgan fingerprint density at radius 3 is 2.83 bits per heavy atom. The van der Waals surface area contributed by atoms with Crippen LogP contribution >= 0.6 is 0 Å². The first kappa shape index (κ1) is 12.6. The topological polar surface area (TPSA) is 75.5 Å². The van der Waals surface area contributed by atoms with Gasteiger partial charge in [0, 0.05) is 25.6 Å². The van der Waals surface area contributed by atoms with Crippen molar-refractivity contribution in [3.05, 3.63) is 12.4 Å². The van der Waals surface area contributed by atoms with Crippen LogP contribution in [0.1, 0.15) is 19.3 Å². The third kappa shape index (κ3) is 3.09. The number of aromatic nitrogens is 2. The van der Waals surface area contributed by atoms with Gasteiger partial charge < -0.3 is 14.7 Å². The number of anilines is 1. The zero-order valence-corrected chi connectivity index (χ0v) is 10.4. The second-order valence-electron chi connectivity index (χ2n) is 4.45. The minimum Gasteiger partial charge on any atom is -0.481 e. The second kappa shape index (κ2) is 5.66. The van der Waals surface area contributed by atoms with Crippen molar-refractivity contribution in [2.75, 3.05) is 25.1 Å². The Balaban J connectivity index is 1.94. The van der Waals surface area contributed by atoms with Crippen LogP contribution in [0.5, 0.6) is 5.88 Å². The molecule has 0 unspecified atom stereocenters. The van der Waals surface area contributed by atoms with Gasteiger partial charge in [0.25, 0.3) is 0 Å². The number of carbonyl (C=O) groups is 1. The van der Waals surface area contributed by atoms with Gasteiger partial charge in [0.1, 0.15) is 12.1 Å². The van der Waals surface area contributed by atoms with Crippen LogP contribution < -0.4 is 9.64 Å². The monoisotopic (exact) mass is 251 g/mol. The maximum atomic E-state index is 10.7. The fraction of sp³-hybridized carbons (Fsp3) is 0.583. The third-order valence-electron chi connectivity index (χ3n) is 3.24. The van der Waals surface area contributed by atoms with Crippen molar-refractivity contribution in [3.8, 4) is 5.88 Å². The van der Waals surface area contributed by atoms with Crippen LogP contribution in [0.2, 0.25) is 0 Å². The number of aliphatic carboxylic acids is 1. The summed E-state index contributed by atoms with van der Waals surface area (Å²) in [5.74, 6) is 0.961. The lowest BCUT2D eigenvalue weighted by atomic mass is 9.94. The molecule has 1 saturated heterocycles. The van der Waals surface area contributed by atoms with Gasteiger partial charge in [-0.3, -0.25) is 4.79 Å². The number of methoxy groups -OCH3 is 1. The molecule has 2 rings (SSSR count). The van der Waals surface area contributed by atoms with Gasteiger partial charge in [0.05, 0.1) is 7.11 Å². The molecule has 0 bridgehead atoms. The van der Waals surface area contributed by atoms with Crippen LogP contribution in [-0.2, 0) is 4.79 Å². The molecule has 1 N–H and O–H groups in total. The summed E-state index contributed by atoms with van der Waals surface area (Å²) in [6, 6.07) is 1.80. The minimum absolute atomic E-state index is 0.265. The fourth-order valence-corrected chi connectivity index (χ4v) is 2.23. The van der Waals surface area contributed by atoms with E-state index in [-0.39, 0.29) is 12.3 Å². The SMILES string of the molecule is COc1cc(N2CCC(CC(=O)O)CC2)ncn1. The van der Waals surface area contributed by atoms with Crippen molar-refractivity contribution < 1.29 is 14.6 Å². The van der Waals surface area contributed by atoms with Crippen molar-refractivity contribution in [1.29, 1.82) is 0 Å². The first-order chi connectivity index (χ1) is 8.69.